The molecule has 1 fully saturated rings. The predicted octanol–water partition coefficient (Wildman–Crippen LogP) is 5.27. The minimum absolute atomic E-state index is 0.0101. The van der Waals surface area contributed by atoms with E-state index in [9.17, 15) is 14.4 Å². The first kappa shape index (κ1) is 32.3. The molecule has 2 aromatic rings. The summed E-state index contributed by atoms with van der Waals surface area (Å²) in [6, 6.07) is 1.98. The summed E-state index contributed by atoms with van der Waals surface area (Å²) < 4.78 is 4.94. The number of aldehydes is 1. The Morgan fingerprint density at radius 2 is 1.69 bits per heavy atom. The number of amides is 1. The monoisotopic (exact) mass is 490 g/mol. The molecule has 1 saturated heterocycles. The first-order valence-corrected chi connectivity index (χ1v) is 12.7. The van der Waals surface area contributed by atoms with E-state index in [1.54, 1.807) is 26.4 Å². The molecule has 0 bridgehead atoms. The molecule has 0 unspecified atom stereocenters. The van der Waals surface area contributed by atoms with Crippen molar-refractivity contribution in [1.29, 1.82) is 0 Å². The summed E-state index contributed by atoms with van der Waals surface area (Å²) in [7, 11) is 1.71. The molecule has 8 nitrogen and oxygen atoms in total. The van der Waals surface area contributed by atoms with Crippen molar-refractivity contribution < 1.29 is 19.1 Å². The van der Waals surface area contributed by atoms with E-state index >= 15 is 0 Å². The van der Waals surface area contributed by atoms with Crippen molar-refractivity contribution in [3.63, 3.8) is 0 Å². The van der Waals surface area contributed by atoms with E-state index in [1.165, 1.54) is 0 Å². The topological polar surface area (TPSA) is 95.6 Å². The zero-order valence-electron chi connectivity index (χ0n) is 23.2. The number of pyridine rings is 1. The Morgan fingerprint density at radius 3 is 2.17 bits per heavy atom. The highest BCUT2D eigenvalue weighted by atomic mass is 16.5. The van der Waals surface area contributed by atoms with Gasteiger partial charge in [-0.15, -0.1) is 0 Å². The Kier molecular flexibility index (Phi) is 15.5. The lowest BCUT2D eigenvalue weighted by molar-refractivity contribution is -0.131. The van der Waals surface area contributed by atoms with Gasteiger partial charge in [-0.3, -0.25) is 9.59 Å². The number of hydrogen-bond donors (Lipinski definition) is 1. The number of aromatic amines is 1. The molecule has 1 amide bonds. The van der Waals surface area contributed by atoms with Gasteiger partial charge in [0.2, 0.25) is 5.91 Å². The number of fused-ring (bicyclic) bond motifs is 1. The quantitative estimate of drug-likeness (QED) is 0.337. The molecule has 3 heterocycles. The summed E-state index contributed by atoms with van der Waals surface area (Å²) in [4.78, 5) is 45.6. The van der Waals surface area contributed by atoms with Gasteiger partial charge in [0.25, 0.3) is 0 Å². The van der Waals surface area contributed by atoms with Gasteiger partial charge in [-0.05, 0) is 40.2 Å². The molecule has 0 atom stereocenters. The lowest BCUT2D eigenvalue weighted by atomic mass is 10.1. The highest BCUT2D eigenvalue weighted by Crippen LogP contribution is 2.24. The molecule has 0 radical (unpaired) electrons. The Bertz CT molecular complexity index is 894. The minimum atomic E-state index is 0.0101. The van der Waals surface area contributed by atoms with Crippen molar-refractivity contribution in [2.75, 3.05) is 38.2 Å². The van der Waals surface area contributed by atoms with Crippen molar-refractivity contribution in [3.8, 4) is 0 Å². The Hall–Kier alpha value is -2.74. The number of carbonyl (C=O) groups excluding carboxylic acids is 3. The number of methoxy groups -OCH3 is 1. The van der Waals surface area contributed by atoms with Crippen LogP contribution in [0.4, 0.5) is 5.69 Å². The molecule has 1 aliphatic rings. The third kappa shape index (κ3) is 11.0. The number of H-pyrrole nitrogens is 1. The molecule has 0 saturated carbocycles. The van der Waals surface area contributed by atoms with Gasteiger partial charge in [0.05, 0.1) is 17.5 Å². The highest BCUT2D eigenvalue weighted by molar-refractivity contribution is 6.06. The van der Waals surface area contributed by atoms with Gasteiger partial charge in [0.1, 0.15) is 11.9 Å². The van der Waals surface area contributed by atoms with Crippen molar-refractivity contribution in [2.24, 2.45) is 0 Å². The van der Waals surface area contributed by atoms with Crippen LogP contribution >= 0.6 is 0 Å². The van der Waals surface area contributed by atoms with Gasteiger partial charge in [-0.2, -0.15) is 0 Å². The number of piperazine rings is 1. The summed E-state index contributed by atoms with van der Waals surface area (Å²) >= 11 is 0. The maximum absolute atomic E-state index is 12.1. The standard InChI is InChI=1S/C18H22N4O3.C5H12O.2C2H6/c1-13(24)16-12-20-18-15(16)10-14(11-19-18)21-5-7-22(8-6-21)17(25)4-2-3-9-23;1-5(2,3)6-4;2*1-2/h9-12H,2-8H2,1H3,(H,19,20);1-4H3;2*1-2H3. The molecule has 2 aromatic heterocycles. The van der Waals surface area contributed by atoms with E-state index in [4.69, 9.17) is 4.74 Å². The molecule has 0 spiro atoms. The average Bonchev–Trinajstić information content (AvgIpc) is 3.30. The smallest absolute Gasteiger partial charge is 0.222 e. The van der Waals surface area contributed by atoms with Crippen LogP contribution in [0.25, 0.3) is 11.0 Å². The number of nitrogens with one attached hydrogen (secondary N) is 1. The van der Waals surface area contributed by atoms with E-state index in [1.807, 2.05) is 59.4 Å². The number of rotatable bonds is 6. The highest BCUT2D eigenvalue weighted by Gasteiger charge is 2.22. The second-order valence-electron chi connectivity index (χ2n) is 8.59. The van der Waals surface area contributed by atoms with Gasteiger partial charge < -0.3 is 24.3 Å². The number of anilines is 1. The number of hydrogen-bond acceptors (Lipinski definition) is 6. The van der Waals surface area contributed by atoms with Crippen molar-refractivity contribution in [1.82, 2.24) is 14.9 Å². The average molecular weight is 491 g/mol. The molecule has 3 rings (SSSR count). The third-order valence-electron chi connectivity index (χ3n) is 5.22. The van der Waals surface area contributed by atoms with Gasteiger partial charge in [0, 0.05) is 63.3 Å². The molecule has 35 heavy (non-hydrogen) atoms. The zero-order chi connectivity index (χ0) is 27.0. The van der Waals surface area contributed by atoms with Crippen molar-refractivity contribution in [2.45, 2.75) is 80.3 Å². The fourth-order valence-electron chi connectivity index (χ4n) is 3.17. The maximum atomic E-state index is 12.1. The third-order valence-corrected chi connectivity index (χ3v) is 5.22. The van der Waals surface area contributed by atoms with Crippen LogP contribution in [0.15, 0.2) is 18.5 Å². The van der Waals surface area contributed by atoms with Crippen LogP contribution in [0.2, 0.25) is 0 Å². The van der Waals surface area contributed by atoms with Crippen molar-refractivity contribution >= 4 is 34.7 Å². The van der Waals surface area contributed by atoms with Gasteiger partial charge in [-0.25, -0.2) is 4.98 Å². The van der Waals surface area contributed by atoms with Crippen molar-refractivity contribution in [3.05, 3.63) is 24.0 Å². The van der Waals surface area contributed by atoms with E-state index in [0.29, 0.717) is 43.6 Å². The van der Waals surface area contributed by atoms with Crippen LogP contribution in [-0.4, -0.2) is 71.7 Å². The first-order chi connectivity index (χ1) is 16.7. The molecular formula is C27H46N4O4. The summed E-state index contributed by atoms with van der Waals surface area (Å²) in [5.41, 5.74) is 2.36. The number of aromatic nitrogens is 2. The Labute approximate surface area is 211 Å². The van der Waals surface area contributed by atoms with Crippen LogP contribution in [0.3, 0.4) is 0 Å². The summed E-state index contributed by atoms with van der Waals surface area (Å²) in [6.07, 6.45) is 5.82. The van der Waals surface area contributed by atoms with Crippen LogP contribution < -0.4 is 4.90 Å². The second kappa shape index (κ2) is 16.8. The Morgan fingerprint density at radius 1 is 1.11 bits per heavy atom. The summed E-state index contributed by atoms with van der Waals surface area (Å²) in [5, 5.41) is 0.831. The second-order valence-corrected chi connectivity index (χ2v) is 8.59. The fourth-order valence-corrected chi connectivity index (χ4v) is 3.17. The number of unbranched alkanes of at least 4 members (excludes halogenated alkanes) is 1. The number of nitrogens with zero attached hydrogens (tertiary/aromatic N) is 3. The van der Waals surface area contributed by atoms with Gasteiger partial charge in [-0.1, -0.05) is 27.7 Å². The normalized spacial score (nSPS) is 12.9. The van der Waals surface area contributed by atoms with E-state index in [-0.39, 0.29) is 17.3 Å². The van der Waals surface area contributed by atoms with Crippen LogP contribution in [0.5, 0.6) is 0 Å². The molecule has 1 N–H and O–H groups in total. The lowest BCUT2D eigenvalue weighted by Crippen LogP contribution is -2.48. The van der Waals surface area contributed by atoms with E-state index in [2.05, 4.69) is 14.9 Å². The van der Waals surface area contributed by atoms with Crippen LogP contribution in [-0.2, 0) is 14.3 Å². The van der Waals surface area contributed by atoms with Crippen LogP contribution in [0, 0.1) is 0 Å². The zero-order valence-corrected chi connectivity index (χ0v) is 23.2. The number of ether oxygens (including phenoxy) is 1. The number of Topliss-reactive ketones (excluding diaryl/α,β-unsaturated/α-hetero) is 1. The molecule has 0 aliphatic carbocycles. The van der Waals surface area contributed by atoms with E-state index in [0.717, 1.165) is 30.4 Å². The predicted molar refractivity (Wildman–Crippen MR) is 144 cm³/mol. The van der Waals surface area contributed by atoms with Gasteiger partial charge in [0.15, 0.2) is 5.78 Å². The maximum Gasteiger partial charge on any atom is 0.222 e. The summed E-state index contributed by atoms with van der Waals surface area (Å²) in [6.45, 7) is 18.4. The molecular weight excluding hydrogens is 444 g/mol. The fraction of sp³-hybridized carbons (Fsp3) is 0.630. The SMILES string of the molecule is CC.CC.CC(=O)c1c[nH]c2ncc(N3CCN(C(=O)CCCC=O)CC3)cc12.COC(C)(C)C. The molecule has 1 aliphatic heterocycles. The number of ketones is 1. The van der Waals surface area contributed by atoms with E-state index < -0.39 is 0 Å². The van der Waals surface area contributed by atoms with Gasteiger partial charge >= 0.3 is 0 Å². The molecule has 0 aromatic carbocycles. The molecule has 198 valence electrons. The number of carbonyl (C=O) groups is 3. The lowest BCUT2D eigenvalue weighted by Gasteiger charge is -2.36. The Balaban J connectivity index is 0.000000997. The minimum Gasteiger partial charge on any atom is -0.379 e. The largest absolute Gasteiger partial charge is 0.379 e. The van der Waals surface area contributed by atoms with Crippen LogP contribution in [0.1, 0.15) is 85.0 Å². The first-order valence-electron chi connectivity index (χ1n) is 12.7. The molecule has 8 heteroatoms. The summed E-state index contributed by atoms with van der Waals surface area (Å²) in [5.74, 6) is 0.121.